The number of thiazole rings is 1. The first-order valence-corrected chi connectivity index (χ1v) is 11.8. The van der Waals surface area contributed by atoms with Crippen molar-refractivity contribution >= 4 is 34.0 Å². The molecular weight excluding hydrogens is 480 g/mol. The van der Waals surface area contributed by atoms with E-state index in [9.17, 15) is 30.0 Å². The minimum atomic E-state index is -1.63. The number of ether oxygens (including phenoxy) is 1. The van der Waals surface area contributed by atoms with Crippen molar-refractivity contribution in [3.05, 3.63) is 28.5 Å². The Morgan fingerprint density at radius 3 is 2.54 bits per heavy atom. The molecule has 0 bridgehead atoms. The number of hydrogen-bond donors (Lipinski definition) is 7. The monoisotopic (exact) mass is 512 g/mol. The fraction of sp³-hybridized carbons (Fsp3) is 0.571. The number of aryl methyl sites for hydroxylation is 1. The van der Waals surface area contributed by atoms with E-state index in [0.29, 0.717) is 23.5 Å². The number of aromatic nitrogens is 2. The van der Waals surface area contributed by atoms with Gasteiger partial charge in [0.2, 0.25) is 0 Å². The molecule has 3 heterocycles. The van der Waals surface area contributed by atoms with Crippen LogP contribution in [0.15, 0.2) is 12.3 Å². The number of nitrogens with two attached hydrogens (primary N) is 1. The zero-order chi connectivity index (χ0) is 25.9. The van der Waals surface area contributed by atoms with Gasteiger partial charge in [0, 0.05) is 12.7 Å². The first-order valence-electron chi connectivity index (χ1n) is 11.0. The molecule has 0 aliphatic carbocycles. The molecule has 0 saturated carbocycles. The minimum absolute atomic E-state index is 0.0371. The molecule has 1 fully saturated rings. The number of nitrogens with zero attached hydrogens (tertiary/aromatic N) is 3. The quantitative estimate of drug-likeness (QED) is 0.199. The summed E-state index contributed by atoms with van der Waals surface area (Å²) in [6.07, 6.45) is -5.23. The van der Waals surface area contributed by atoms with Gasteiger partial charge >= 0.3 is 0 Å². The summed E-state index contributed by atoms with van der Waals surface area (Å²) in [7, 11) is 3.83. The van der Waals surface area contributed by atoms with Gasteiger partial charge < -0.3 is 51.0 Å². The highest BCUT2D eigenvalue weighted by Gasteiger charge is 2.45. The van der Waals surface area contributed by atoms with Crippen molar-refractivity contribution in [2.45, 2.75) is 44.0 Å². The Balaban J connectivity index is 1.89. The van der Waals surface area contributed by atoms with Gasteiger partial charge in [-0.2, -0.15) is 0 Å². The second-order valence-corrected chi connectivity index (χ2v) is 9.60. The summed E-state index contributed by atoms with van der Waals surface area (Å²) >= 11 is 1.02. The number of amides is 2. The molecule has 2 aromatic rings. The molecule has 5 atom stereocenters. The average molecular weight is 513 g/mol. The zero-order valence-corrected chi connectivity index (χ0v) is 20.5. The third-order valence-electron chi connectivity index (χ3n) is 5.57. The van der Waals surface area contributed by atoms with E-state index in [0.717, 1.165) is 17.9 Å². The summed E-state index contributed by atoms with van der Waals surface area (Å²) in [6, 6.07) is 1.40. The standard InChI is InChI=1S/C21H32N6O7S/c1-10-17(35-21(22)24-10)19(33)25-11-7-12(18(32)23-5-4-6-26(2)3)27(8-11)20-16(31)15(30)14(29)13(9-28)34-20/h7-8,13-16,20,28-31H,4-6,9H2,1-3H3,(H2,22,24)(H,23,32)(H,25,33)/t13-,14-,15-,16-,20+/m1/s1. The smallest absolute Gasteiger partial charge is 0.268 e. The van der Waals surface area contributed by atoms with E-state index in [1.54, 1.807) is 6.92 Å². The third-order valence-corrected chi connectivity index (χ3v) is 6.55. The van der Waals surface area contributed by atoms with Gasteiger partial charge in [0.15, 0.2) is 11.4 Å². The number of nitrogen functional groups attached to an aromatic ring is 1. The number of aliphatic hydroxyl groups excluding tert-OH is 4. The number of nitrogens with one attached hydrogen (secondary N) is 2. The lowest BCUT2D eigenvalue weighted by atomic mass is 9.98. The largest absolute Gasteiger partial charge is 0.394 e. The first-order chi connectivity index (χ1) is 16.5. The van der Waals surface area contributed by atoms with Crippen LogP contribution < -0.4 is 16.4 Å². The van der Waals surface area contributed by atoms with Gasteiger partial charge in [0.05, 0.1) is 18.0 Å². The number of hydrogen-bond acceptors (Lipinski definition) is 11. The molecule has 1 aliphatic heterocycles. The van der Waals surface area contributed by atoms with E-state index in [2.05, 4.69) is 15.6 Å². The zero-order valence-electron chi connectivity index (χ0n) is 19.7. The Morgan fingerprint density at radius 2 is 1.94 bits per heavy atom. The molecule has 0 radical (unpaired) electrons. The summed E-state index contributed by atoms with van der Waals surface area (Å²) in [5, 5.41) is 46.1. The van der Waals surface area contributed by atoms with Crippen molar-refractivity contribution < 1.29 is 34.8 Å². The maximum absolute atomic E-state index is 13.0. The number of aliphatic hydroxyl groups is 4. The fourth-order valence-corrected chi connectivity index (χ4v) is 4.48. The lowest BCUT2D eigenvalue weighted by Gasteiger charge is -2.40. The van der Waals surface area contributed by atoms with E-state index in [1.807, 2.05) is 19.0 Å². The highest BCUT2D eigenvalue weighted by molar-refractivity contribution is 7.17. The number of rotatable bonds is 9. The SMILES string of the molecule is Cc1nc(N)sc1C(=O)Nc1cc(C(=O)NCCCN(C)C)n([C@H]2O[C@H](CO)[C@@H](O)[C@@H](O)[C@H]2O)c1. The van der Waals surface area contributed by atoms with Gasteiger partial charge in [-0.05, 0) is 40.1 Å². The van der Waals surface area contributed by atoms with Gasteiger partial charge in [-0.3, -0.25) is 9.59 Å². The molecule has 2 aromatic heterocycles. The van der Waals surface area contributed by atoms with Gasteiger partial charge in [-0.25, -0.2) is 4.98 Å². The predicted molar refractivity (Wildman–Crippen MR) is 128 cm³/mol. The summed E-state index contributed by atoms with van der Waals surface area (Å²) in [6.45, 7) is 2.16. The average Bonchev–Trinajstić information content (AvgIpc) is 3.37. The maximum atomic E-state index is 13.0. The highest BCUT2D eigenvalue weighted by Crippen LogP contribution is 2.32. The lowest BCUT2D eigenvalue weighted by Crippen LogP contribution is -2.56. The minimum Gasteiger partial charge on any atom is -0.394 e. The first kappa shape index (κ1) is 27.0. The summed E-state index contributed by atoms with van der Waals surface area (Å²) in [4.78, 5) is 32.1. The topological polar surface area (TPSA) is 195 Å². The lowest BCUT2D eigenvalue weighted by molar-refractivity contribution is -0.251. The summed E-state index contributed by atoms with van der Waals surface area (Å²) in [5.74, 6) is -0.986. The molecule has 8 N–H and O–H groups in total. The van der Waals surface area contributed by atoms with Crippen molar-refractivity contribution in [1.82, 2.24) is 19.8 Å². The predicted octanol–water partition coefficient (Wildman–Crippen LogP) is -1.26. The van der Waals surface area contributed by atoms with Crippen LogP contribution in [0.25, 0.3) is 0 Å². The summed E-state index contributed by atoms with van der Waals surface area (Å²) < 4.78 is 6.88. The van der Waals surface area contributed by atoms with Crippen LogP contribution in [-0.2, 0) is 4.74 Å². The van der Waals surface area contributed by atoms with E-state index in [1.165, 1.54) is 16.8 Å². The second-order valence-electron chi connectivity index (χ2n) is 8.57. The van der Waals surface area contributed by atoms with Crippen molar-refractivity contribution in [3.8, 4) is 0 Å². The van der Waals surface area contributed by atoms with Crippen LogP contribution in [0.2, 0.25) is 0 Å². The molecule has 0 spiro atoms. The van der Waals surface area contributed by atoms with E-state index >= 15 is 0 Å². The Hall–Kier alpha value is -2.59. The molecule has 14 heteroatoms. The summed E-state index contributed by atoms with van der Waals surface area (Å²) in [5.41, 5.74) is 6.39. The third kappa shape index (κ3) is 6.16. The Bertz CT molecular complexity index is 1040. The van der Waals surface area contributed by atoms with E-state index in [-0.39, 0.29) is 16.5 Å². The van der Waals surface area contributed by atoms with E-state index < -0.39 is 49.1 Å². The van der Waals surface area contributed by atoms with Crippen LogP contribution in [0.1, 0.15) is 38.5 Å². The van der Waals surface area contributed by atoms with Crippen LogP contribution in [0.5, 0.6) is 0 Å². The second kappa shape index (κ2) is 11.4. The molecule has 1 aliphatic rings. The van der Waals surface area contributed by atoms with Crippen molar-refractivity contribution in [1.29, 1.82) is 0 Å². The Morgan fingerprint density at radius 1 is 1.23 bits per heavy atom. The molecule has 0 unspecified atom stereocenters. The molecule has 35 heavy (non-hydrogen) atoms. The Labute approximate surface area is 206 Å². The number of carbonyl (C=O) groups excluding carboxylic acids is 2. The van der Waals surface area contributed by atoms with Crippen LogP contribution in [0.3, 0.4) is 0 Å². The fourth-order valence-electron chi connectivity index (χ4n) is 3.76. The van der Waals surface area contributed by atoms with Crippen LogP contribution >= 0.6 is 11.3 Å². The van der Waals surface area contributed by atoms with E-state index in [4.69, 9.17) is 10.5 Å². The number of anilines is 2. The molecule has 0 aromatic carbocycles. The normalized spacial score (nSPS) is 24.5. The highest BCUT2D eigenvalue weighted by atomic mass is 32.1. The molecule has 13 nitrogen and oxygen atoms in total. The van der Waals surface area contributed by atoms with Crippen LogP contribution in [0.4, 0.5) is 10.8 Å². The Kier molecular flexibility index (Phi) is 8.82. The molecule has 3 rings (SSSR count). The number of carbonyl (C=O) groups is 2. The molecular formula is C21H32N6O7S. The molecule has 1 saturated heterocycles. The van der Waals surface area contributed by atoms with Crippen molar-refractivity contribution in [3.63, 3.8) is 0 Å². The van der Waals surface area contributed by atoms with Crippen LogP contribution in [0, 0.1) is 6.92 Å². The van der Waals surface area contributed by atoms with Gasteiger partial charge in [-0.15, -0.1) is 0 Å². The van der Waals surface area contributed by atoms with Gasteiger partial charge in [-0.1, -0.05) is 11.3 Å². The van der Waals surface area contributed by atoms with Crippen molar-refractivity contribution in [2.75, 3.05) is 44.8 Å². The molecule has 194 valence electrons. The van der Waals surface area contributed by atoms with Gasteiger partial charge in [0.25, 0.3) is 11.8 Å². The maximum Gasteiger partial charge on any atom is 0.268 e. The van der Waals surface area contributed by atoms with Crippen molar-refractivity contribution in [2.24, 2.45) is 0 Å². The molecule has 2 amide bonds. The van der Waals surface area contributed by atoms with Gasteiger partial charge in [0.1, 0.15) is 35.0 Å². The van der Waals surface area contributed by atoms with Crippen LogP contribution in [-0.4, -0.2) is 105 Å².